The molecular weight excluding hydrogens is 662 g/mol. The summed E-state index contributed by atoms with van der Waals surface area (Å²) in [5, 5.41) is 20.1. The van der Waals surface area contributed by atoms with E-state index in [1.165, 1.54) is 29.6 Å². The molecule has 3 amide bonds. The summed E-state index contributed by atoms with van der Waals surface area (Å²) in [7, 11) is -2.95. The summed E-state index contributed by atoms with van der Waals surface area (Å²) in [4.78, 5) is 47.8. The van der Waals surface area contributed by atoms with Crippen molar-refractivity contribution in [3.63, 3.8) is 0 Å². The first kappa shape index (κ1) is 38.7. The molecule has 3 aromatic rings. The van der Waals surface area contributed by atoms with E-state index in [0.29, 0.717) is 11.0 Å². The number of imidazole rings is 1. The number of likely N-dealkylation sites (tertiary alicyclic amines) is 1. The number of nitrogens with zero attached hydrogens (tertiary/aromatic N) is 3. The number of methoxy groups -OCH3 is 1. The molecule has 1 aliphatic rings. The van der Waals surface area contributed by atoms with Gasteiger partial charge in [-0.15, -0.1) is 0 Å². The van der Waals surface area contributed by atoms with Gasteiger partial charge in [0.05, 0.1) is 41.7 Å². The Morgan fingerprint density at radius 1 is 1.04 bits per heavy atom. The van der Waals surface area contributed by atoms with Gasteiger partial charge < -0.3 is 25.5 Å². The van der Waals surface area contributed by atoms with Crippen LogP contribution in [0.4, 0.5) is 10.7 Å². The number of aromatic amines is 1. The second kappa shape index (κ2) is 16.8. The Labute approximate surface area is 294 Å². The lowest BCUT2D eigenvalue weighted by Gasteiger charge is -2.35. The average molecular weight is 714 g/mol. The number of nitrogens with one attached hydrogen (secondary N) is 4. The van der Waals surface area contributed by atoms with Crippen molar-refractivity contribution in [1.82, 2.24) is 29.8 Å². The number of fused-ring (bicyclic) bond motifs is 1. The summed E-state index contributed by atoms with van der Waals surface area (Å²) in [6.45, 7) is 11.0. The predicted molar refractivity (Wildman–Crippen MR) is 191 cm³/mol. The van der Waals surface area contributed by atoms with Crippen LogP contribution >= 0.6 is 0 Å². The van der Waals surface area contributed by atoms with Crippen molar-refractivity contribution in [1.29, 1.82) is 0 Å². The quantitative estimate of drug-likeness (QED) is 0.158. The van der Waals surface area contributed by atoms with Crippen LogP contribution in [0.25, 0.3) is 11.0 Å². The maximum Gasteiger partial charge on any atom is 0.413 e. The Hall–Kier alpha value is -4.05. The Morgan fingerprint density at radius 2 is 1.72 bits per heavy atom. The maximum atomic E-state index is 14.1. The summed E-state index contributed by atoms with van der Waals surface area (Å²) in [5.74, 6) is -0.719. The van der Waals surface area contributed by atoms with Crippen molar-refractivity contribution in [2.45, 2.75) is 77.0 Å². The molecule has 1 fully saturated rings. The van der Waals surface area contributed by atoms with Gasteiger partial charge in [0.1, 0.15) is 6.04 Å². The van der Waals surface area contributed by atoms with Crippen LogP contribution in [-0.2, 0) is 30.8 Å². The number of hydrogen-bond donors (Lipinski definition) is 5. The lowest BCUT2D eigenvalue weighted by molar-refractivity contribution is -0.133. The van der Waals surface area contributed by atoms with E-state index in [-0.39, 0.29) is 48.7 Å². The van der Waals surface area contributed by atoms with Gasteiger partial charge in [-0.1, -0.05) is 65.0 Å². The Bertz CT molecular complexity index is 1720. The normalized spacial score (nSPS) is 15.9. The minimum absolute atomic E-state index is 0.0386. The zero-order valence-electron chi connectivity index (χ0n) is 29.7. The van der Waals surface area contributed by atoms with Gasteiger partial charge in [-0.05, 0) is 67.4 Å². The molecule has 5 N–H and O–H groups in total. The summed E-state index contributed by atoms with van der Waals surface area (Å²) in [6.07, 6.45) is 0.237. The fraction of sp³-hybridized carbons (Fsp3) is 0.543. The molecule has 2 heterocycles. The van der Waals surface area contributed by atoms with Gasteiger partial charge >= 0.3 is 6.09 Å². The fourth-order valence-electron chi connectivity index (χ4n) is 5.96. The second-order valence-corrected chi connectivity index (χ2v) is 16.3. The van der Waals surface area contributed by atoms with Crippen LogP contribution in [0.2, 0.25) is 0 Å². The maximum absolute atomic E-state index is 14.1. The number of carbonyl (C=O) groups excluding carboxylic acids is 3. The van der Waals surface area contributed by atoms with Crippen molar-refractivity contribution in [3.8, 4) is 0 Å². The van der Waals surface area contributed by atoms with Crippen molar-refractivity contribution >= 4 is 44.9 Å². The number of benzene rings is 2. The molecule has 274 valence electrons. The zero-order chi connectivity index (χ0) is 36.6. The molecule has 2 aromatic carbocycles. The number of hydrogen-bond acceptors (Lipinski definition) is 9. The van der Waals surface area contributed by atoms with Crippen LogP contribution < -0.4 is 16.0 Å². The summed E-state index contributed by atoms with van der Waals surface area (Å²) >= 11 is 0. The highest BCUT2D eigenvalue weighted by molar-refractivity contribution is 7.89. The molecule has 1 aromatic heterocycles. The van der Waals surface area contributed by atoms with E-state index >= 15 is 0 Å². The monoisotopic (exact) mass is 713 g/mol. The van der Waals surface area contributed by atoms with E-state index < -0.39 is 45.6 Å². The highest BCUT2D eigenvalue weighted by Crippen LogP contribution is 2.25. The van der Waals surface area contributed by atoms with Crippen LogP contribution in [0.15, 0.2) is 53.4 Å². The molecule has 0 radical (unpaired) electrons. The van der Waals surface area contributed by atoms with Gasteiger partial charge in [0, 0.05) is 13.1 Å². The van der Waals surface area contributed by atoms with Crippen molar-refractivity contribution in [3.05, 3.63) is 54.1 Å². The molecule has 3 atom stereocenters. The van der Waals surface area contributed by atoms with Crippen LogP contribution in [0, 0.1) is 11.3 Å². The summed E-state index contributed by atoms with van der Waals surface area (Å²) in [5.41, 5.74) is 0.980. The number of sulfonamides is 1. The molecule has 14 nitrogen and oxygen atoms in total. The minimum Gasteiger partial charge on any atom is -0.453 e. The van der Waals surface area contributed by atoms with Crippen molar-refractivity contribution in [2.75, 3.05) is 45.2 Å². The van der Waals surface area contributed by atoms with Crippen molar-refractivity contribution < 1.29 is 32.6 Å². The number of rotatable bonds is 15. The highest BCUT2D eigenvalue weighted by atomic mass is 32.2. The number of aliphatic hydroxyl groups excluding tert-OH is 1. The lowest BCUT2D eigenvalue weighted by atomic mass is 9.85. The van der Waals surface area contributed by atoms with Crippen LogP contribution in [0.5, 0.6) is 0 Å². The molecule has 1 aliphatic heterocycles. The Kier molecular flexibility index (Phi) is 13.0. The van der Waals surface area contributed by atoms with E-state index in [0.717, 1.165) is 31.5 Å². The van der Waals surface area contributed by atoms with E-state index in [2.05, 4.69) is 35.6 Å². The summed E-state index contributed by atoms with van der Waals surface area (Å²) in [6, 6.07) is 11.9. The first-order valence-electron chi connectivity index (χ1n) is 17.0. The van der Waals surface area contributed by atoms with E-state index in [4.69, 9.17) is 0 Å². The van der Waals surface area contributed by atoms with E-state index in [1.54, 1.807) is 0 Å². The van der Waals surface area contributed by atoms with Gasteiger partial charge in [0.2, 0.25) is 27.8 Å². The lowest BCUT2D eigenvalue weighted by Crippen LogP contribution is -2.59. The third-order valence-corrected chi connectivity index (χ3v) is 10.4. The van der Waals surface area contributed by atoms with Gasteiger partial charge in [-0.25, -0.2) is 18.2 Å². The van der Waals surface area contributed by atoms with Gasteiger partial charge in [-0.2, -0.15) is 4.31 Å². The minimum atomic E-state index is -4.16. The van der Waals surface area contributed by atoms with Crippen LogP contribution in [0.1, 0.15) is 53.0 Å². The molecule has 15 heteroatoms. The second-order valence-electron chi connectivity index (χ2n) is 14.3. The fourth-order valence-corrected chi connectivity index (χ4v) is 7.61. The molecule has 4 rings (SSSR count). The third-order valence-electron chi connectivity index (χ3n) is 8.55. The molecule has 3 unspecified atom stereocenters. The van der Waals surface area contributed by atoms with Gasteiger partial charge in [-0.3, -0.25) is 19.8 Å². The van der Waals surface area contributed by atoms with Crippen LogP contribution in [-0.4, -0.2) is 109 Å². The van der Waals surface area contributed by atoms with Crippen LogP contribution in [0.3, 0.4) is 0 Å². The highest BCUT2D eigenvalue weighted by Gasteiger charge is 2.37. The van der Waals surface area contributed by atoms with E-state index in [9.17, 15) is 27.9 Å². The first-order chi connectivity index (χ1) is 23.6. The summed E-state index contributed by atoms with van der Waals surface area (Å²) < 4.78 is 34.1. The number of amides is 3. The number of aromatic nitrogens is 2. The topological polar surface area (TPSA) is 186 Å². The average Bonchev–Trinajstić information content (AvgIpc) is 3.71. The number of anilines is 1. The number of carbonyl (C=O) groups is 3. The molecular formula is C35H51N7O7S. The predicted octanol–water partition coefficient (Wildman–Crippen LogP) is 3.10. The zero-order valence-corrected chi connectivity index (χ0v) is 30.5. The standard InChI is InChI=1S/C35H51N7O7S/c1-23(2)20-42(50(47,48)25-14-15-26-27(19-25)38-33(37-26)40-34(46)49-6)21-29(43)28(18-24-12-8-7-9-13-24)36-32(45)31(35(3,4)5)39-30(44)22-41-16-10-11-17-41/h7-9,12-15,19,23,28-29,31,43H,10-11,16-18,20-22H2,1-6H3,(H,36,45)(H,39,44)(H2,37,38,40,46). The third kappa shape index (κ3) is 10.5. The Morgan fingerprint density at radius 3 is 2.34 bits per heavy atom. The molecule has 0 bridgehead atoms. The molecule has 0 aliphatic carbocycles. The van der Waals surface area contributed by atoms with Gasteiger partial charge in [0.15, 0.2) is 0 Å². The molecule has 0 spiro atoms. The largest absolute Gasteiger partial charge is 0.453 e. The first-order valence-corrected chi connectivity index (χ1v) is 18.4. The molecule has 50 heavy (non-hydrogen) atoms. The number of H-pyrrole nitrogens is 1. The number of aliphatic hydroxyl groups is 1. The van der Waals surface area contributed by atoms with E-state index in [1.807, 2.05) is 65.0 Å². The smallest absolute Gasteiger partial charge is 0.413 e. The Balaban J connectivity index is 1.59. The van der Waals surface area contributed by atoms with Crippen molar-refractivity contribution in [2.24, 2.45) is 11.3 Å². The molecule has 1 saturated heterocycles. The SMILES string of the molecule is COC(=O)Nc1nc2ccc(S(=O)(=O)N(CC(C)C)CC(O)C(Cc3ccccc3)NC(=O)C(NC(=O)CN3CCCC3)C(C)(C)C)cc2[nH]1. The number of ether oxygens (including phenoxy) is 1. The molecule has 0 saturated carbocycles. The van der Waals surface area contributed by atoms with Gasteiger partial charge in [0.25, 0.3) is 0 Å².